The highest BCUT2D eigenvalue weighted by Crippen LogP contribution is 2.29. The average Bonchev–Trinajstić information content (AvgIpc) is 2.71. The lowest BCUT2D eigenvalue weighted by atomic mass is 10.2. The first-order chi connectivity index (χ1) is 15.1. The number of aromatic nitrogens is 1. The Kier molecular flexibility index (Phi) is 6.87. The predicted molar refractivity (Wildman–Crippen MR) is 110 cm³/mol. The Bertz CT molecular complexity index is 1240. The van der Waals surface area contributed by atoms with Gasteiger partial charge in [-0.3, -0.25) is 14.2 Å². The molecule has 0 atom stereocenters. The van der Waals surface area contributed by atoms with Gasteiger partial charge in [0.05, 0.1) is 0 Å². The van der Waals surface area contributed by atoms with E-state index in [0.29, 0.717) is 6.07 Å². The van der Waals surface area contributed by atoms with Gasteiger partial charge in [-0.1, -0.05) is 0 Å². The fourth-order valence-corrected chi connectivity index (χ4v) is 3.26. The number of carbonyl (C=O) groups excluding carboxylic acids is 1. The van der Waals surface area contributed by atoms with Crippen LogP contribution in [0.3, 0.4) is 0 Å². The minimum Gasteiger partial charge on any atom is -0.487 e. The van der Waals surface area contributed by atoms with Crippen molar-refractivity contribution in [2.24, 2.45) is 5.73 Å². The summed E-state index contributed by atoms with van der Waals surface area (Å²) in [6.07, 6.45) is 0. The third-order valence-electron chi connectivity index (χ3n) is 4.29. The van der Waals surface area contributed by atoms with Crippen LogP contribution in [0.25, 0.3) is 5.69 Å². The summed E-state index contributed by atoms with van der Waals surface area (Å²) in [7, 11) is 0. The maximum Gasteiger partial charge on any atom is 0.273 e. The molecule has 1 aromatic heterocycles. The molecule has 0 aliphatic carbocycles. The Morgan fingerprint density at radius 3 is 2.28 bits per heavy atom. The number of hydrogen-bond donors (Lipinski definition) is 1. The molecule has 168 valence electrons. The lowest BCUT2D eigenvalue weighted by Crippen LogP contribution is -2.24. The standard InChI is InChI=1S/C21H15BrF4N2O4/c1-10-4-17(32-8-11-2-3-12(23)5-14(11)24)19(22)21(30)28(10)20-15(25)6-13(7-16(20)26)31-9-18(27)29/h2-7H,8-9H2,1H3,(H2,27,29). The Labute approximate surface area is 187 Å². The van der Waals surface area contributed by atoms with Gasteiger partial charge in [-0.2, -0.15) is 0 Å². The highest BCUT2D eigenvalue weighted by atomic mass is 79.9. The molecule has 0 saturated carbocycles. The molecule has 0 unspecified atom stereocenters. The van der Waals surface area contributed by atoms with Gasteiger partial charge in [0.15, 0.2) is 18.2 Å². The molecule has 0 fully saturated rings. The number of nitrogens with two attached hydrogens (primary N) is 1. The molecule has 0 aliphatic rings. The van der Waals surface area contributed by atoms with Gasteiger partial charge in [-0.15, -0.1) is 0 Å². The number of rotatable bonds is 7. The first-order valence-electron chi connectivity index (χ1n) is 8.98. The maximum absolute atomic E-state index is 14.6. The molecule has 2 N–H and O–H groups in total. The summed E-state index contributed by atoms with van der Waals surface area (Å²) < 4.78 is 67.1. The molecule has 6 nitrogen and oxygen atoms in total. The highest BCUT2D eigenvalue weighted by molar-refractivity contribution is 9.10. The normalized spacial score (nSPS) is 10.8. The van der Waals surface area contributed by atoms with Crippen molar-refractivity contribution in [2.45, 2.75) is 13.5 Å². The van der Waals surface area contributed by atoms with E-state index in [4.69, 9.17) is 15.2 Å². The third kappa shape index (κ3) is 4.93. The lowest BCUT2D eigenvalue weighted by Gasteiger charge is -2.16. The summed E-state index contributed by atoms with van der Waals surface area (Å²) in [6.45, 7) is 0.515. The Balaban J connectivity index is 1.95. The fraction of sp³-hybridized carbons (Fsp3) is 0.143. The zero-order valence-electron chi connectivity index (χ0n) is 16.4. The van der Waals surface area contributed by atoms with Crippen molar-refractivity contribution in [3.63, 3.8) is 0 Å². The lowest BCUT2D eigenvalue weighted by molar-refractivity contribution is -0.119. The molecule has 1 heterocycles. The number of benzene rings is 2. The predicted octanol–water partition coefficient (Wildman–Crippen LogP) is 3.91. The number of pyridine rings is 1. The first-order valence-corrected chi connectivity index (χ1v) is 9.77. The van der Waals surface area contributed by atoms with E-state index in [9.17, 15) is 27.2 Å². The van der Waals surface area contributed by atoms with Crippen molar-refractivity contribution in [3.05, 3.63) is 85.8 Å². The first kappa shape index (κ1) is 23.3. The second-order valence-electron chi connectivity index (χ2n) is 6.62. The zero-order valence-corrected chi connectivity index (χ0v) is 18.0. The molecule has 3 rings (SSSR count). The molecule has 0 radical (unpaired) electrons. The van der Waals surface area contributed by atoms with Crippen molar-refractivity contribution in [2.75, 3.05) is 6.61 Å². The highest BCUT2D eigenvalue weighted by Gasteiger charge is 2.21. The van der Waals surface area contributed by atoms with Crippen LogP contribution in [0.1, 0.15) is 11.3 Å². The van der Waals surface area contributed by atoms with E-state index in [-0.39, 0.29) is 33.8 Å². The number of primary amides is 1. The van der Waals surface area contributed by atoms with Crippen LogP contribution >= 0.6 is 15.9 Å². The Morgan fingerprint density at radius 2 is 1.69 bits per heavy atom. The summed E-state index contributed by atoms with van der Waals surface area (Å²) in [5.74, 6) is -4.94. The number of hydrogen-bond acceptors (Lipinski definition) is 4. The Hall–Kier alpha value is -3.34. The molecule has 11 heteroatoms. The smallest absolute Gasteiger partial charge is 0.273 e. The van der Waals surface area contributed by atoms with Crippen molar-refractivity contribution < 1.29 is 31.8 Å². The minimum atomic E-state index is -1.12. The Morgan fingerprint density at radius 1 is 1.03 bits per heavy atom. The van der Waals surface area contributed by atoms with E-state index in [0.717, 1.165) is 22.8 Å². The molecular weight excluding hydrogens is 500 g/mol. The van der Waals surface area contributed by atoms with Gasteiger partial charge in [0.2, 0.25) is 0 Å². The van der Waals surface area contributed by atoms with Crippen molar-refractivity contribution >= 4 is 21.8 Å². The van der Waals surface area contributed by atoms with E-state index < -0.39 is 47.0 Å². The van der Waals surface area contributed by atoms with Crippen molar-refractivity contribution in [1.82, 2.24) is 4.57 Å². The monoisotopic (exact) mass is 514 g/mol. The van der Waals surface area contributed by atoms with Crippen molar-refractivity contribution in [3.8, 4) is 17.2 Å². The molecule has 32 heavy (non-hydrogen) atoms. The molecule has 1 amide bonds. The zero-order chi connectivity index (χ0) is 23.6. The molecule has 0 bridgehead atoms. The van der Waals surface area contributed by atoms with Gasteiger partial charge < -0.3 is 15.2 Å². The van der Waals surface area contributed by atoms with Crippen LogP contribution in [0.4, 0.5) is 17.6 Å². The summed E-state index contributed by atoms with van der Waals surface area (Å²) in [6, 6.07) is 5.88. The second-order valence-corrected chi connectivity index (χ2v) is 7.41. The average molecular weight is 515 g/mol. The topological polar surface area (TPSA) is 83.6 Å². The summed E-state index contributed by atoms with van der Waals surface area (Å²) in [4.78, 5) is 23.6. The maximum atomic E-state index is 14.6. The SMILES string of the molecule is Cc1cc(OCc2ccc(F)cc2F)c(Br)c(=O)n1-c1c(F)cc(OCC(N)=O)cc1F. The fourth-order valence-electron chi connectivity index (χ4n) is 2.85. The summed E-state index contributed by atoms with van der Waals surface area (Å²) in [5, 5.41) is 0. The number of halogens is 5. The van der Waals surface area contributed by atoms with Crippen LogP contribution in [-0.2, 0) is 11.4 Å². The molecule has 2 aromatic carbocycles. The van der Waals surface area contributed by atoms with Crippen molar-refractivity contribution in [1.29, 1.82) is 0 Å². The van der Waals surface area contributed by atoms with E-state index >= 15 is 0 Å². The van der Waals surface area contributed by atoms with Gasteiger partial charge in [-0.05, 0) is 35.0 Å². The minimum absolute atomic E-state index is 0.00490. The van der Waals surface area contributed by atoms with E-state index in [1.807, 2.05) is 0 Å². The van der Waals surface area contributed by atoms with Gasteiger partial charge in [0.1, 0.15) is 39.9 Å². The van der Waals surface area contributed by atoms with E-state index in [2.05, 4.69) is 15.9 Å². The third-order valence-corrected chi connectivity index (χ3v) is 5.02. The number of ether oxygens (including phenoxy) is 2. The van der Waals surface area contributed by atoms with Gasteiger partial charge in [0, 0.05) is 35.5 Å². The van der Waals surface area contributed by atoms with E-state index in [1.54, 1.807) is 0 Å². The quantitative estimate of drug-likeness (QED) is 0.484. The van der Waals surface area contributed by atoms with Crippen LogP contribution in [-0.4, -0.2) is 17.1 Å². The molecule has 3 aromatic rings. The van der Waals surface area contributed by atoms with Crippen LogP contribution in [0.15, 0.2) is 45.7 Å². The van der Waals surface area contributed by atoms with Gasteiger partial charge in [-0.25, -0.2) is 17.6 Å². The number of carbonyl (C=O) groups is 1. The van der Waals surface area contributed by atoms with Crippen LogP contribution in [0.2, 0.25) is 0 Å². The van der Waals surface area contributed by atoms with Crippen LogP contribution < -0.4 is 20.8 Å². The molecular formula is C21H15BrF4N2O4. The van der Waals surface area contributed by atoms with Crippen LogP contribution in [0, 0.1) is 30.2 Å². The summed E-state index contributed by atoms with van der Waals surface area (Å²) >= 11 is 3.04. The van der Waals surface area contributed by atoms with Gasteiger partial charge in [0.25, 0.3) is 11.5 Å². The molecule has 0 aliphatic heterocycles. The van der Waals surface area contributed by atoms with Gasteiger partial charge >= 0.3 is 0 Å². The molecule has 0 spiro atoms. The summed E-state index contributed by atoms with van der Waals surface area (Å²) in [5.41, 5.74) is 3.57. The number of nitrogens with zero attached hydrogens (tertiary/aromatic N) is 1. The largest absolute Gasteiger partial charge is 0.487 e. The number of aryl methyl sites for hydroxylation is 1. The molecule has 0 saturated heterocycles. The number of amides is 1. The van der Waals surface area contributed by atoms with Crippen LogP contribution in [0.5, 0.6) is 11.5 Å². The second kappa shape index (κ2) is 9.43. The van der Waals surface area contributed by atoms with E-state index in [1.165, 1.54) is 19.1 Å².